The zero-order valence-corrected chi connectivity index (χ0v) is 14.7. The summed E-state index contributed by atoms with van der Waals surface area (Å²) >= 11 is 0. The van der Waals surface area contributed by atoms with Crippen LogP contribution >= 0.6 is 0 Å². The van der Waals surface area contributed by atoms with Gasteiger partial charge in [0, 0.05) is 32.0 Å². The minimum atomic E-state index is -1.05. The SMILES string of the molecule is CC1CN(c2ccc(C#N)c3nccnc23)CC(CNC(=O)C(C)O)O1. The van der Waals surface area contributed by atoms with Gasteiger partial charge in [0.25, 0.3) is 0 Å². The third kappa shape index (κ3) is 3.74. The number of hydrogen-bond donors (Lipinski definition) is 2. The smallest absolute Gasteiger partial charge is 0.248 e. The lowest BCUT2D eigenvalue weighted by molar-refractivity contribution is -0.129. The number of nitrogens with one attached hydrogen (secondary N) is 1. The maximum Gasteiger partial charge on any atom is 0.248 e. The quantitative estimate of drug-likeness (QED) is 0.826. The molecule has 1 aromatic heterocycles. The average Bonchev–Trinajstić information content (AvgIpc) is 2.64. The van der Waals surface area contributed by atoms with Crippen molar-refractivity contribution in [1.29, 1.82) is 5.26 Å². The first-order chi connectivity index (χ1) is 12.5. The molecule has 2 heterocycles. The number of morpholine rings is 1. The molecule has 3 atom stereocenters. The number of ether oxygens (including phenoxy) is 1. The Labute approximate surface area is 151 Å². The van der Waals surface area contributed by atoms with Gasteiger partial charge in [0.05, 0.1) is 23.5 Å². The normalized spacial score (nSPS) is 21.2. The summed E-state index contributed by atoms with van der Waals surface area (Å²) < 4.78 is 5.90. The monoisotopic (exact) mass is 355 g/mol. The van der Waals surface area contributed by atoms with Crippen LogP contribution in [-0.2, 0) is 9.53 Å². The van der Waals surface area contributed by atoms with Crippen LogP contribution in [0, 0.1) is 11.3 Å². The van der Waals surface area contributed by atoms with E-state index in [1.54, 1.807) is 18.5 Å². The number of amides is 1. The van der Waals surface area contributed by atoms with Crippen LogP contribution < -0.4 is 10.2 Å². The molecule has 1 amide bonds. The summed E-state index contributed by atoms with van der Waals surface area (Å²) in [7, 11) is 0. The molecule has 2 N–H and O–H groups in total. The molecule has 26 heavy (non-hydrogen) atoms. The van der Waals surface area contributed by atoms with Gasteiger partial charge in [-0.15, -0.1) is 0 Å². The fourth-order valence-corrected chi connectivity index (χ4v) is 3.10. The topological polar surface area (TPSA) is 111 Å². The summed E-state index contributed by atoms with van der Waals surface area (Å²) in [5.41, 5.74) is 2.62. The van der Waals surface area contributed by atoms with Gasteiger partial charge in [-0.2, -0.15) is 5.26 Å². The fraction of sp³-hybridized carbons (Fsp3) is 0.444. The van der Waals surface area contributed by atoms with Crippen molar-refractivity contribution in [2.75, 3.05) is 24.5 Å². The standard InChI is InChI=1S/C18H21N5O3/c1-11-9-23(10-14(26-11)8-22-18(25)12(2)24)15-4-3-13(7-19)16-17(15)21-6-5-20-16/h3-6,11-12,14,24H,8-10H2,1-2H3,(H,22,25). The van der Waals surface area contributed by atoms with Crippen molar-refractivity contribution in [1.82, 2.24) is 15.3 Å². The van der Waals surface area contributed by atoms with E-state index >= 15 is 0 Å². The highest BCUT2D eigenvalue weighted by atomic mass is 16.5. The molecule has 1 saturated heterocycles. The molecule has 8 heteroatoms. The molecular weight excluding hydrogens is 334 g/mol. The van der Waals surface area contributed by atoms with Gasteiger partial charge in [-0.1, -0.05) is 0 Å². The lowest BCUT2D eigenvalue weighted by Crippen LogP contribution is -2.51. The number of nitrogens with zero attached hydrogens (tertiary/aromatic N) is 4. The van der Waals surface area contributed by atoms with Gasteiger partial charge >= 0.3 is 0 Å². The summed E-state index contributed by atoms with van der Waals surface area (Å²) in [5.74, 6) is -0.423. The molecule has 0 saturated carbocycles. The van der Waals surface area contributed by atoms with Crippen molar-refractivity contribution in [3.05, 3.63) is 30.1 Å². The Morgan fingerprint density at radius 2 is 2.15 bits per heavy atom. The van der Waals surface area contributed by atoms with E-state index in [9.17, 15) is 15.2 Å². The van der Waals surface area contributed by atoms with Crippen LogP contribution in [0.2, 0.25) is 0 Å². The van der Waals surface area contributed by atoms with E-state index in [-0.39, 0.29) is 12.2 Å². The second-order valence-electron chi connectivity index (χ2n) is 6.39. The van der Waals surface area contributed by atoms with Gasteiger partial charge in [0.1, 0.15) is 23.2 Å². The Kier molecular flexibility index (Phi) is 5.30. The number of rotatable bonds is 4. The number of aliphatic hydroxyl groups excluding tert-OH is 1. The average molecular weight is 355 g/mol. The van der Waals surface area contributed by atoms with Gasteiger partial charge in [-0.05, 0) is 26.0 Å². The number of hydrogen-bond acceptors (Lipinski definition) is 7. The van der Waals surface area contributed by atoms with Crippen LogP contribution in [0.25, 0.3) is 11.0 Å². The van der Waals surface area contributed by atoms with Crippen LogP contribution in [0.3, 0.4) is 0 Å². The summed E-state index contributed by atoms with van der Waals surface area (Å²) in [6.07, 6.45) is 1.87. The maximum absolute atomic E-state index is 11.6. The van der Waals surface area contributed by atoms with Crippen LogP contribution in [0.1, 0.15) is 19.4 Å². The lowest BCUT2D eigenvalue weighted by atomic mass is 10.1. The summed E-state index contributed by atoms with van der Waals surface area (Å²) in [6, 6.07) is 5.76. The molecule has 136 valence electrons. The molecule has 1 fully saturated rings. The van der Waals surface area contributed by atoms with Gasteiger partial charge in [-0.25, -0.2) is 0 Å². The number of anilines is 1. The Morgan fingerprint density at radius 3 is 2.85 bits per heavy atom. The van der Waals surface area contributed by atoms with E-state index < -0.39 is 12.0 Å². The molecule has 0 spiro atoms. The Hall–Kier alpha value is -2.76. The van der Waals surface area contributed by atoms with Crippen LogP contribution in [0.5, 0.6) is 0 Å². The molecule has 1 aliphatic rings. The summed E-state index contributed by atoms with van der Waals surface area (Å²) in [4.78, 5) is 22.4. The minimum Gasteiger partial charge on any atom is -0.384 e. The van der Waals surface area contributed by atoms with Crippen molar-refractivity contribution in [2.24, 2.45) is 0 Å². The molecule has 0 aliphatic carbocycles. The molecule has 8 nitrogen and oxygen atoms in total. The van der Waals surface area contributed by atoms with Crippen molar-refractivity contribution in [3.8, 4) is 6.07 Å². The van der Waals surface area contributed by atoms with Crippen LogP contribution in [0.15, 0.2) is 24.5 Å². The molecule has 0 bridgehead atoms. The highest BCUT2D eigenvalue weighted by Crippen LogP contribution is 2.28. The van der Waals surface area contributed by atoms with Crippen molar-refractivity contribution in [3.63, 3.8) is 0 Å². The predicted octanol–water partition coefficient (Wildman–Crippen LogP) is 0.592. The lowest BCUT2D eigenvalue weighted by Gasteiger charge is -2.38. The van der Waals surface area contributed by atoms with E-state index in [2.05, 4.69) is 26.3 Å². The molecule has 2 aromatic rings. The number of carbonyl (C=O) groups is 1. The third-order valence-corrected chi connectivity index (χ3v) is 4.27. The molecule has 3 unspecified atom stereocenters. The van der Waals surface area contributed by atoms with Crippen LogP contribution in [0.4, 0.5) is 5.69 Å². The molecule has 1 aromatic carbocycles. The van der Waals surface area contributed by atoms with E-state index in [0.717, 1.165) is 5.69 Å². The van der Waals surface area contributed by atoms with E-state index in [1.165, 1.54) is 6.92 Å². The number of benzene rings is 1. The molecule has 1 aliphatic heterocycles. The predicted molar refractivity (Wildman–Crippen MR) is 95.5 cm³/mol. The van der Waals surface area contributed by atoms with Gasteiger partial charge in [0.2, 0.25) is 5.91 Å². The van der Waals surface area contributed by atoms with E-state index in [1.807, 2.05) is 13.0 Å². The summed E-state index contributed by atoms with van der Waals surface area (Å²) in [5, 5.41) is 21.3. The van der Waals surface area contributed by atoms with Crippen molar-refractivity contribution >= 4 is 22.6 Å². The molecular formula is C18H21N5O3. The maximum atomic E-state index is 11.6. The fourth-order valence-electron chi connectivity index (χ4n) is 3.10. The van der Waals surface area contributed by atoms with Crippen molar-refractivity contribution < 1.29 is 14.6 Å². The minimum absolute atomic E-state index is 0.0421. The van der Waals surface area contributed by atoms with Gasteiger partial charge in [0.15, 0.2) is 0 Å². The van der Waals surface area contributed by atoms with Gasteiger partial charge in [-0.3, -0.25) is 14.8 Å². The number of aromatic nitrogens is 2. The number of fused-ring (bicyclic) bond motifs is 1. The van der Waals surface area contributed by atoms with Crippen LogP contribution in [-0.4, -0.2) is 58.9 Å². The number of aliphatic hydroxyl groups is 1. The second kappa shape index (κ2) is 7.64. The number of carbonyl (C=O) groups excluding carboxylic acids is 1. The second-order valence-corrected chi connectivity index (χ2v) is 6.39. The largest absolute Gasteiger partial charge is 0.384 e. The van der Waals surface area contributed by atoms with E-state index in [0.29, 0.717) is 36.2 Å². The first-order valence-electron chi connectivity index (χ1n) is 8.49. The zero-order valence-electron chi connectivity index (χ0n) is 14.7. The Morgan fingerprint density at radius 1 is 1.42 bits per heavy atom. The van der Waals surface area contributed by atoms with Gasteiger partial charge < -0.3 is 20.1 Å². The molecule has 3 rings (SSSR count). The first kappa shape index (κ1) is 18.0. The Bertz CT molecular complexity index is 848. The first-order valence-corrected chi connectivity index (χ1v) is 8.49. The number of nitriles is 1. The zero-order chi connectivity index (χ0) is 18.7. The molecule has 0 radical (unpaired) electrons. The summed E-state index contributed by atoms with van der Waals surface area (Å²) in [6.45, 7) is 4.92. The highest BCUT2D eigenvalue weighted by molar-refractivity contribution is 5.92. The third-order valence-electron chi connectivity index (χ3n) is 4.27. The highest BCUT2D eigenvalue weighted by Gasteiger charge is 2.27. The van der Waals surface area contributed by atoms with Crippen molar-refractivity contribution in [2.45, 2.75) is 32.2 Å². The van der Waals surface area contributed by atoms with E-state index in [4.69, 9.17) is 4.74 Å². The Balaban J connectivity index is 1.84.